The summed E-state index contributed by atoms with van der Waals surface area (Å²) in [6.07, 6.45) is -3.40. The van der Waals surface area contributed by atoms with Gasteiger partial charge in [-0.2, -0.15) is 0 Å². The maximum absolute atomic E-state index is 9.77. The molecule has 0 aromatic rings. The fourth-order valence-corrected chi connectivity index (χ4v) is 2.69. The Balaban J connectivity index is 2.12. The van der Waals surface area contributed by atoms with Gasteiger partial charge in [-0.15, -0.1) is 0 Å². The highest BCUT2D eigenvalue weighted by Gasteiger charge is 2.48. The summed E-state index contributed by atoms with van der Waals surface area (Å²) in [7, 11) is 1.48. The Morgan fingerprint density at radius 2 is 2.20 bits per heavy atom. The van der Waals surface area contributed by atoms with Crippen molar-refractivity contribution < 1.29 is 24.8 Å². The first-order valence-corrected chi connectivity index (χ1v) is 5.46. The minimum Gasteiger partial charge on any atom is -0.476 e. The molecule has 86 valence electrons. The topological polar surface area (TPSA) is 91.5 Å². The maximum atomic E-state index is 9.77. The standard InChI is InChI=1S/C8H13NO5S/c1-13-8-9-7-6(15-8)5(12)4(11)3(2-10)14-7/h3-7,10-12H,2H2,1H3/t3-,4+,5+,6-,7+/m1/s1. The average Bonchev–Trinajstić information content (AvgIpc) is 2.66. The molecule has 2 heterocycles. The lowest BCUT2D eigenvalue weighted by molar-refractivity contribution is -0.171. The molecule has 0 bridgehead atoms. The summed E-state index contributed by atoms with van der Waals surface area (Å²) in [5.74, 6) is 0. The zero-order valence-corrected chi connectivity index (χ0v) is 8.92. The molecular formula is C8H13NO5S. The normalized spacial score (nSPS) is 44.8. The Morgan fingerprint density at radius 3 is 2.80 bits per heavy atom. The van der Waals surface area contributed by atoms with E-state index in [1.807, 2.05) is 0 Å². The molecule has 1 saturated heterocycles. The molecule has 2 aliphatic heterocycles. The van der Waals surface area contributed by atoms with Crippen LogP contribution in [0.3, 0.4) is 0 Å². The van der Waals surface area contributed by atoms with Crippen molar-refractivity contribution in [2.45, 2.75) is 29.8 Å². The van der Waals surface area contributed by atoms with Gasteiger partial charge in [-0.25, -0.2) is 4.99 Å². The summed E-state index contributed by atoms with van der Waals surface area (Å²) in [5, 5.41) is 28.4. The van der Waals surface area contributed by atoms with E-state index in [1.54, 1.807) is 0 Å². The second-order valence-electron chi connectivity index (χ2n) is 3.41. The Hall–Kier alpha value is -0.340. The number of methoxy groups -OCH3 is 1. The highest BCUT2D eigenvalue weighted by molar-refractivity contribution is 8.14. The van der Waals surface area contributed by atoms with Crippen molar-refractivity contribution in [3.05, 3.63) is 0 Å². The summed E-state index contributed by atoms with van der Waals surface area (Å²) >= 11 is 1.23. The van der Waals surface area contributed by atoms with Gasteiger partial charge in [0.15, 0.2) is 6.23 Å². The van der Waals surface area contributed by atoms with Crippen molar-refractivity contribution in [1.82, 2.24) is 0 Å². The van der Waals surface area contributed by atoms with Crippen molar-refractivity contribution in [1.29, 1.82) is 0 Å². The average molecular weight is 235 g/mol. The smallest absolute Gasteiger partial charge is 0.248 e. The van der Waals surface area contributed by atoms with Crippen molar-refractivity contribution in [2.75, 3.05) is 13.7 Å². The molecule has 0 aromatic carbocycles. The van der Waals surface area contributed by atoms with Crippen LogP contribution in [0, 0.1) is 0 Å². The largest absolute Gasteiger partial charge is 0.476 e. The van der Waals surface area contributed by atoms with E-state index < -0.39 is 24.5 Å². The highest BCUT2D eigenvalue weighted by Crippen LogP contribution is 2.36. The van der Waals surface area contributed by atoms with Crippen LogP contribution in [0.2, 0.25) is 0 Å². The zero-order chi connectivity index (χ0) is 11.0. The van der Waals surface area contributed by atoms with E-state index in [9.17, 15) is 10.2 Å². The van der Waals surface area contributed by atoms with Crippen molar-refractivity contribution in [2.24, 2.45) is 4.99 Å². The molecule has 0 spiro atoms. The van der Waals surface area contributed by atoms with Gasteiger partial charge in [0, 0.05) is 0 Å². The van der Waals surface area contributed by atoms with Crippen LogP contribution in [-0.4, -0.2) is 64.1 Å². The summed E-state index contributed by atoms with van der Waals surface area (Å²) in [6, 6.07) is 0. The third kappa shape index (κ3) is 1.85. The first-order chi connectivity index (χ1) is 7.17. The zero-order valence-electron chi connectivity index (χ0n) is 8.11. The van der Waals surface area contributed by atoms with Crippen LogP contribution in [0.5, 0.6) is 0 Å². The Kier molecular flexibility index (Phi) is 3.17. The van der Waals surface area contributed by atoms with Crippen LogP contribution in [-0.2, 0) is 9.47 Å². The van der Waals surface area contributed by atoms with Crippen molar-refractivity contribution >= 4 is 17.0 Å². The van der Waals surface area contributed by atoms with E-state index in [-0.39, 0.29) is 11.9 Å². The van der Waals surface area contributed by atoms with E-state index in [0.717, 1.165) is 0 Å². The number of rotatable bonds is 1. The minimum absolute atomic E-state index is 0.343. The predicted molar refractivity (Wildman–Crippen MR) is 53.6 cm³/mol. The van der Waals surface area contributed by atoms with E-state index in [0.29, 0.717) is 5.23 Å². The lowest BCUT2D eigenvalue weighted by atomic mass is 10.0. The van der Waals surface area contributed by atoms with Crippen LogP contribution in [0.1, 0.15) is 0 Å². The summed E-state index contributed by atoms with van der Waals surface area (Å²) in [5.41, 5.74) is 0. The van der Waals surface area contributed by atoms with E-state index in [1.165, 1.54) is 18.9 Å². The van der Waals surface area contributed by atoms with E-state index in [2.05, 4.69) is 4.99 Å². The molecule has 0 aromatic heterocycles. The molecule has 0 unspecified atom stereocenters. The van der Waals surface area contributed by atoms with Crippen LogP contribution in [0.15, 0.2) is 4.99 Å². The number of hydrogen-bond donors (Lipinski definition) is 3. The van der Waals surface area contributed by atoms with Crippen LogP contribution < -0.4 is 0 Å². The fourth-order valence-electron chi connectivity index (χ4n) is 1.65. The number of aliphatic hydroxyl groups excluding tert-OH is 3. The summed E-state index contributed by atoms with van der Waals surface area (Å²) < 4.78 is 10.3. The quantitative estimate of drug-likeness (QED) is 0.514. The number of aliphatic hydroxyl groups is 3. The van der Waals surface area contributed by atoms with Crippen molar-refractivity contribution in [3.63, 3.8) is 0 Å². The molecule has 5 atom stereocenters. The molecule has 0 amide bonds. The molecule has 2 aliphatic rings. The number of thioether (sulfide) groups is 1. The van der Waals surface area contributed by atoms with Gasteiger partial charge in [0.1, 0.15) is 12.2 Å². The fraction of sp³-hybridized carbons (Fsp3) is 0.875. The third-order valence-corrected chi connectivity index (χ3v) is 3.74. The molecule has 3 N–H and O–H groups in total. The molecular weight excluding hydrogens is 222 g/mol. The number of hydrogen-bond acceptors (Lipinski definition) is 7. The molecule has 1 fully saturated rings. The monoisotopic (exact) mass is 235 g/mol. The van der Waals surface area contributed by atoms with Crippen LogP contribution in [0.4, 0.5) is 0 Å². The second-order valence-corrected chi connectivity index (χ2v) is 4.54. The summed E-state index contributed by atoms with van der Waals surface area (Å²) in [4.78, 5) is 4.06. The second kappa shape index (κ2) is 4.26. The van der Waals surface area contributed by atoms with Gasteiger partial charge in [0.05, 0.1) is 25.1 Å². The Morgan fingerprint density at radius 1 is 1.47 bits per heavy atom. The molecule has 0 radical (unpaired) electrons. The molecule has 7 heteroatoms. The minimum atomic E-state index is -1.09. The number of ether oxygens (including phenoxy) is 2. The van der Waals surface area contributed by atoms with Gasteiger partial charge in [0.2, 0.25) is 5.23 Å². The lowest BCUT2D eigenvalue weighted by Gasteiger charge is -2.37. The van der Waals surface area contributed by atoms with Gasteiger partial charge in [-0.1, -0.05) is 11.8 Å². The molecule has 6 nitrogen and oxygen atoms in total. The Bertz CT molecular complexity index is 274. The lowest BCUT2D eigenvalue weighted by Crippen LogP contribution is -2.55. The highest BCUT2D eigenvalue weighted by atomic mass is 32.2. The van der Waals surface area contributed by atoms with Gasteiger partial charge in [0.25, 0.3) is 0 Å². The van der Waals surface area contributed by atoms with Crippen LogP contribution >= 0.6 is 11.8 Å². The Labute approximate surface area is 90.9 Å². The number of nitrogens with zero attached hydrogens (tertiary/aromatic N) is 1. The van der Waals surface area contributed by atoms with Gasteiger partial charge in [-0.05, 0) is 0 Å². The predicted octanol–water partition coefficient (Wildman–Crippen LogP) is -1.46. The van der Waals surface area contributed by atoms with Crippen molar-refractivity contribution in [3.8, 4) is 0 Å². The third-order valence-electron chi connectivity index (χ3n) is 2.49. The van der Waals surface area contributed by atoms with E-state index in [4.69, 9.17) is 14.6 Å². The van der Waals surface area contributed by atoms with Gasteiger partial charge < -0.3 is 24.8 Å². The summed E-state index contributed by atoms with van der Waals surface area (Å²) in [6.45, 7) is -0.343. The SMILES string of the molecule is COC1=N[C@H]2O[C@H](CO)[C@H](O)[C@H](O)[C@H]2S1. The first-order valence-electron chi connectivity index (χ1n) is 4.58. The molecule has 0 saturated carbocycles. The number of fused-ring (bicyclic) bond motifs is 1. The molecule has 15 heavy (non-hydrogen) atoms. The van der Waals surface area contributed by atoms with Gasteiger partial charge >= 0.3 is 0 Å². The molecule has 2 rings (SSSR count). The van der Waals surface area contributed by atoms with E-state index >= 15 is 0 Å². The maximum Gasteiger partial charge on any atom is 0.248 e. The van der Waals surface area contributed by atoms with Crippen LogP contribution in [0.25, 0.3) is 0 Å². The first kappa shape index (κ1) is 11.2. The van der Waals surface area contributed by atoms with Gasteiger partial charge in [-0.3, -0.25) is 0 Å². The molecule has 0 aliphatic carbocycles. The number of aliphatic imine (C=N–C) groups is 1.